The second-order valence-electron chi connectivity index (χ2n) is 4.83. The Kier molecular flexibility index (Phi) is 4.34. The smallest absolute Gasteiger partial charge is 0.331 e. The van der Waals surface area contributed by atoms with E-state index < -0.39 is 5.97 Å². The van der Waals surface area contributed by atoms with Crippen LogP contribution in [0.4, 0.5) is 0 Å². The van der Waals surface area contributed by atoms with Gasteiger partial charge >= 0.3 is 5.97 Å². The fraction of sp³-hybridized carbons (Fsp3) is 0.133. The SMILES string of the molecule is C=C(Cc1nc(-c2ccc(Oc3nc(C)ns3)cc2)no1)C(=O)O. The predicted molar refractivity (Wildman–Crippen MR) is 84.9 cm³/mol. The summed E-state index contributed by atoms with van der Waals surface area (Å²) in [5.41, 5.74) is 0.702. The molecule has 3 rings (SSSR count). The van der Waals surface area contributed by atoms with Crippen LogP contribution < -0.4 is 4.74 Å². The van der Waals surface area contributed by atoms with Gasteiger partial charge in [-0.1, -0.05) is 11.7 Å². The van der Waals surface area contributed by atoms with Crippen LogP contribution in [0.25, 0.3) is 11.4 Å². The number of benzene rings is 1. The molecule has 0 spiro atoms. The highest BCUT2D eigenvalue weighted by molar-refractivity contribution is 7.07. The molecule has 0 aliphatic carbocycles. The number of hydrogen-bond donors (Lipinski definition) is 1. The molecule has 122 valence electrons. The first kappa shape index (κ1) is 15.8. The maximum Gasteiger partial charge on any atom is 0.331 e. The first-order valence-corrected chi connectivity index (χ1v) is 7.61. The molecule has 8 nitrogen and oxygen atoms in total. The number of aromatic nitrogens is 4. The Hall–Kier alpha value is -3.07. The zero-order valence-electron chi connectivity index (χ0n) is 12.6. The Morgan fingerprint density at radius 3 is 2.71 bits per heavy atom. The summed E-state index contributed by atoms with van der Waals surface area (Å²) in [7, 11) is 0. The van der Waals surface area contributed by atoms with Crippen LogP contribution in [0, 0.1) is 6.92 Å². The van der Waals surface area contributed by atoms with Crippen LogP contribution >= 0.6 is 11.5 Å². The quantitative estimate of drug-likeness (QED) is 0.679. The third-order valence-electron chi connectivity index (χ3n) is 2.96. The highest BCUT2D eigenvalue weighted by atomic mass is 32.1. The lowest BCUT2D eigenvalue weighted by Gasteiger charge is -2.01. The van der Waals surface area contributed by atoms with Gasteiger partial charge in [0.25, 0.3) is 5.19 Å². The van der Waals surface area contributed by atoms with Gasteiger partial charge in [-0.15, -0.1) is 0 Å². The van der Waals surface area contributed by atoms with Crippen molar-refractivity contribution in [3.63, 3.8) is 0 Å². The Morgan fingerprint density at radius 2 is 2.08 bits per heavy atom. The van der Waals surface area contributed by atoms with Crippen LogP contribution in [0.1, 0.15) is 11.7 Å². The average Bonchev–Trinajstić information content (AvgIpc) is 3.17. The number of aryl methyl sites for hydroxylation is 1. The number of aliphatic carboxylic acids is 1. The van der Waals surface area contributed by atoms with Crippen LogP contribution in [0.5, 0.6) is 10.9 Å². The van der Waals surface area contributed by atoms with E-state index in [1.165, 1.54) is 11.5 Å². The second-order valence-corrected chi connectivity index (χ2v) is 5.55. The van der Waals surface area contributed by atoms with Gasteiger partial charge in [-0.25, -0.2) is 4.79 Å². The van der Waals surface area contributed by atoms with E-state index in [4.69, 9.17) is 14.4 Å². The molecule has 0 unspecified atom stereocenters. The largest absolute Gasteiger partial charge is 0.478 e. The van der Waals surface area contributed by atoms with E-state index in [1.807, 2.05) is 0 Å². The maximum absolute atomic E-state index is 10.8. The van der Waals surface area contributed by atoms with Crippen molar-refractivity contribution in [1.29, 1.82) is 0 Å². The summed E-state index contributed by atoms with van der Waals surface area (Å²) in [5, 5.41) is 13.1. The number of nitrogens with zero attached hydrogens (tertiary/aromatic N) is 4. The van der Waals surface area contributed by atoms with Crippen LogP contribution in [0.3, 0.4) is 0 Å². The molecule has 2 aromatic heterocycles. The monoisotopic (exact) mass is 344 g/mol. The van der Waals surface area contributed by atoms with Gasteiger partial charge in [-0.3, -0.25) is 0 Å². The fourth-order valence-corrected chi connectivity index (χ4v) is 2.35. The fourth-order valence-electron chi connectivity index (χ4n) is 1.79. The molecule has 0 radical (unpaired) electrons. The van der Waals surface area contributed by atoms with E-state index in [0.29, 0.717) is 28.2 Å². The molecule has 2 heterocycles. The lowest BCUT2D eigenvalue weighted by molar-refractivity contribution is -0.132. The van der Waals surface area contributed by atoms with Gasteiger partial charge in [0.05, 0.1) is 6.42 Å². The molecule has 0 saturated carbocycles. The summed E-state index contributed by atoms with van der Waals surface area (Å²) in [6, 6.07) is 7.03. The Morgan fingerprint density at radius 1 is 1.33 bits per heavy atom. The summed E-state index contributed by atoms with van der Waals surface area (Å²) in [5.74, 6) is 0.735. The van der Waals surface area contributed by atoms with Crippen molar-refractivity contribution in [2.75, 3.05) is 0 Å². The number of carboxylic acid groups (broad SMARTS) is 1. The maximum atomic E-state index is 10.8. The summed E-state index contributed by atoms with van der Waals surface area (Å²) >= 11 is 1.18. The van der Waals surface area contributed by atoms with E-state index in [1.54, 1.807) is 31.2 Å². The number of carbonyl (C=O) groups is 1. The topological polar surface area (TPSA) is 111 Å². The number of rotatable bonds is 6. The molecule has 9 heteroatoms. The normalized spacial score (nSPS) is 10.5. The molecular formula is C15H12N4O4S. The Bertz CT molecular complexity index is 885. The highest BCUT2D eigenvalue weighted by Gasteiger charge is 2.13. The number of hydrogen-bond acceptors (Lipinski definition) is 8. The van der Waals surface area contributed by atoms with Gasteiger partial charge in [0, 0.05) is 22.7 Å². The van der Waals surface area contributed by atoms with Crippen LogP contribution in [-0.4, -0.2) is 30.6 Å². The molecular weight excluding hydrogens is 332 g/mol. The first-order valence-electron chi connectivity index (χ1n) is 6.83. The third-order valence-corrected chi connectivity index (χ3v) is 3.65. The van der Waals surface area contributed by atoms with Gasteiger partial charge in [0.1, 0.15) is 11.6 Å². The van der Waals surface area contributed by atoms with Crippen molar-refractivity contribution in [2.45, 2.75) is 13.3 Å². The van der Waals surface area contributed by atoms with Gasteiger partial charge in [-0.05, 0) is 31.2 Å². The van der Waals surface area contributed by atoms with Gasteiger partial charge < -0.3 is 14.4 Å². The number of ether oxygens (including phenoxy) is 1. The molecule has 1 aromatic carbocycles. The van der Waals surface area contributed by atoms with Crippen molar-refractivity contribution in [3.05, 3.63) is 48.1 Å². The van der Waals surface area contributed by atoms with Gasteiger partial charge in [0.2, 0.25) is 11.7 Å². The zero-order chi connectivity index (χ0) is 17.1. The third kappa shape index (κ3) is 3.63. The molecule has 0 atom stereocenters. The zero-order valence-corrected chi connectivity index (χ0v) is 13.4. The molecule has 3 aromatic rings. The van der Waals surface area contributed by atoms with Crippen LogP contribution in [-0.2, 0) is 11.2 Å². The van der Waals surface area contributed by atoms with Crippen molar-refractivity contribution in [1.82, 2.24) is 19.5 Å². The molecule has 0 aliphatic heterocycles. The molecule has 0 amide bonds. The lowest BCUT2D eigenvalue weighted by Crippen LogP contribution is -2.02. The minimum Gasteiger partial charge on any atom is -0.478 e. The standard InChI is InChI=1S/C15H12N4O4S/c1-8(14(20)21)7-12-17-13(18-23-12)10-3-5-11(6-4-10)22-15-16-9(2)19-24-15/h3-6H,1,7H2,2H3,(H,20,21). The van der Waals surface area contributed by atoms with Crippen molar-refractivity contribution >= 4 is 17.5 Å². The first-order chi connectivity index (χ1) is 11.5. The van der Waals surface area contributed by atoms with E-state index >= 15 is 0 Å². The number of carboxylic acids is 1. The molecule has 0 aliphatic rings. The van der Waals surface area contributed by atoms with Crippen molar-refractivity contribution in [2.24, 2.45) is 0 Å². The average molecular weight is 344 g/mol. The van der Waals surface area contributed by atoms with Gasteiger partial charge in [0.15, 0.2) is 0 Å². The van der Waals surface area contributed by atoms with Crippen LogP contribution in [0.15, 0.2) is 40.9 Å². The van der Waals surface area contributed by atoms with E-state index in [-0.39, 0.29) is 17.9 Å². The Balaban J connectivity index is 1.70. The minimum atomic E-state index is -1.09. The van der Waals surface area contributed by atoms with Crippen LogP contribution in [0.2, 0.25) is 0 Å². The highest BCUT2D eigenvalue weighted by Crippen LogP contribution is 2.25. The second kappa shape index (κ2) is 6.59. The van der Waals surface area contributed by atoms with E-state index in [2.05, 4.69) is 26.1 Å². The van der Waals surface area contributed by atoms with Crippen molar-refractivity contribution in [3.8, 4) is 22.3 Å². The summed E-state index contributed by atoms with van der Waals surface area (Å²) in [6.45, 7) is 5.22. The summed E-state index contributed by atoms with van der Waals surface area (Å²) < 4.78 is 14.7. The van der Waals surface area contributed by atoms with E-state index in [9.17, 15) is 4.79 Å². The molecule has 24 heavy (non-hydrogen) atoms. The Labute approximate surface area is 140 Å². The van der Waals surface area contributed by atoms with E-state index in [0.717, 1.165) is 0 Å². The molecule has 0 bridgehead atoms. The molecule has 0 saturated heterocycles. The van der Waals surface area contributed by atoms with Crippen molar-refractivity contribution < 1.29 is 19.2 Å². The predicted octanol–water partition coefficient (Wildman–Crippen LogP) is 2.87. The van der Waals surface area contributed by atoms with Gasteiger partial charge in [-0.2, -0.15) is 14.3 Å². The molecule has 0 fully saturated rings. The summed E-state index contributed by atoms with van der Waals surface area (Å²) in [6.07, 6.45) is -0.0000730. The lowest BCUT2D eigenvalue weighted by atomic mass is 10.2. The minimum absolute atomic E-state index is 0.0000730. The summed E-state index contributed by atoms with van der Waals surface area (Å²) in [4.78, 5) is 19.0. The molecule has 1 N–H and O–H groups in total.